The van der Waals surface area contributed by atoms with Crippen molar-refractivity contribution in [1.82, 2.24) is 0 Å². The van der Waals surface area contributed by atoms with E-state index in [0.29, 0.717) is 22.4 Å². The minimum Gasteiger partial charge on any atom is -0.490 e. The molecular formula is C18H17BrO5. The van der Waals surface area contributed by atoms with E-state index in [1.54, 1.807) is 12.1 Å². The zero-order chi connectivity index (χ0) is 16.9. The van der Waals surface area contributed by atoms with Crippen LogP contribution in [0.3, 0.4) is 0 Å². The fourth-order valence-corrected chi connectivity index (χ4v) is 2.95. The maximum absolute atomic E-state index is 11.5. The summed E-state index contributed by atoms with van der Waals surface area (Å²) in [6, 6.07) is 13.1. The number of halogens is 1. The fourth-order valence-electron chi connectivity index (χ4n) is 2.38. The molecule has 126 valence electrons. The summed E-state index contributed by atoms with van der Waals surface area (Å²) in [6.45, 7) is 0.953. The first-order chi connectivity index (χ1) is 11.6. The van der Waals surface area contributed by atoms with E-state index in [9.17, 15) is 9.90 Å². The summed E-state index contributed by atoms with van der Waals surface area (Å²) in [6.07, 6.45) is -0.744. The first kappa shape index (κ1) is 17.0. The van der Waals surface area contributed by atoms with Crippen LogP contribution >= 0.6 is 15.9 Å². The Bertz CT molecular complexity index is 717. The molecule has 1 aliphatic heterocycles. The molecule has 0 aliphatic carbocycles. The lowest BCUT2D eigenvalue weighted by molar-refractivity contribution is 0.00534. The van der Waals surface area contributed by atoms with Crippen molar-refractivity contribution >= 4 is 21.9 Å². The normalized spacial score (nSPS) is 14.2. The van der Waals surface area contributed by atoms with Crippen molar-refractivity contribution in [3.8, 4) is 5.75 Å². The smallest absolute Gasteiger partial charge is 0.338 e. The maximum Gasteiger partial charge on any atom is 0.338 e. The van der Waals surface area contributed by atoms with Crippen molar-refractivity contribution in [2.75, 3.05) is 13.2 Å². The summed E-state index contributed by atoms with van der Waals surface area (Å²) >= 11 is 3.42. The molecule has 1 unspecified atom stereocenters. The molecule has 2 aromatic rings. The average Bonchev–Trinajstić information content (AvgIpc) is 2.97. The summed E-state index contributed by atoms with van der Waals surface area (Å²) in [4.78, 5) is 11.5. The van der Waals surface area contributed by atoms with Crippen molar-refractivity contribution in [3.63, 3.8) is 0 Å². The SMILES string of the molecule is O=C1OCc2c1ccc(OCC(O)COCc1ccccc1)c2Br. The van der Waals surface area contributed by atoms with Crippen LogP contribution in [0.15, 0.2) is 46.9 Å². The molecule has 0 spiro atoms. The number of carbonyl (C=O) groups is 1. The molecule has 0 aromatic heterocycles. The molecule has 6 heteroatoms. The molecule has 0 radical (unpaired) electrons. The molecule has 3 rings (SSSR count). The second-order valence-corrected chi connectivity index (χ2v) is 6.24. The Morgan fingerprint density at radius 3 is 2.75 bits per heavy atom. The Labute approximate surface area is 148 Å². The number of benzene rings is 2. The largest absolute Gasteiger partial charge is 0.490 e. The first-order valence-electron chi connectivity index (χ1n) is 7.56. The van der Waals surface area contributed by atoms with Crippen LogP contribution in [0.2, 0.25) is 0 Å². The molecule has 1 aliphatic rings. The Balaban J connectivity index is 1.48. The third-order valence-electron chi connectivity index (χ3n) is 3.63. The van der Waals surface area contributed by atoms with E-state index in [4.69, 9.17) is 14.2 Å². The van der Waals surface area contributed by atoms with E-state index in [-0.39, 0.29) is 25.8 Å². The standard InChI is InChI=1S/C18H17BrO5/c19-17-15-11-24-18(21)14(15)6-7-16(17)23-10-13(20)9-22-8-12-4-2-1-3-5-12/h1-7,13,20H,8-11H2. The highest BCUT2D eigenvalue weighted by Crippen LogP contribution is 2.35. The topological polar surface area (TPSA) is 65.0 Å². The lowest BCUT2D eigenvalue weighted by atomic mass is 10.1. The number of hydrogen-bond donors (Lipinski definition) is 1. The van der Waals surface area contributed by atoms with Crippen LogP contribution in [0.1, 0.15) is 21.5 Å². The summed E-state index contributed by atoms with van der Waals surface area (Å²) < 4.78 is 16.8. The van der Waals surface area contributed by atoms with Crippen LogP contribution in [0.5, 0.6) is 5.75 Å². The van der Waals surface area contributed by atoms with E-state index >= 15 is 0 Å². The van der Waals surface area contributed by atoms with Crippen LogP contribution in [0.25, 0.3) is 0 Å². The minimum atomic E-state index is -0.744. The minimum absolute atomic E-state index is 0.0982. The quantitative estimate of drug-likeness (QED) is 0.733. The molecule has 1 atom stereocenters. The monoisotopic (exact) mass is 392 g/mol. The fraction of sp³-hybridized carbons (Fsp3) is 0.278. The third kappa shape index (κ3) is 3.95. The van der Waals surface area contributed by atoms with Gasteiger partial charge in [0.15, 0.2) is 0 Å². The maximum atomic E-state index is 11.5. The number of aliphatic hydroxyl groups excluding tert-OH is 1. The van der Waals surface area contributed by atoms with E-state index in [1.807, 2.05) is 30.3 Å². The van der Waals surface area contributed by atoms with Gasteiger partial charge in [-0.05, 0) is 33.6 Å². The van der Waals surface area contributed by atoms with Crippen molar-refractivity contribution in [2.24, 2.45) is 0 Å². The van der Waals surface area contributed by atoms with Gasteiger partial charge in [-0.2, -0.15) is 0 Å². The van der Waals surface area contributed by atoms with Gasteiger partial charge in [0.25, 0.3) is 0 Å². The van der Waals surface area contributed by atoms with Gasteiger partial charge in [0.1, 0.15) is 25.1 Å². The Morgan fingerprint density at radius 2 is 1.96 bits per heavy atom. The van der Waals surface area contributed by atoms with Gasteiger partial charge in [-0.25, -0.2) is 4.79 Å². The van der Waals surface area contributed by atoms with Gasteiger partial charge in [-0.15, -0.1) is 0 Å². The predicted molar refractivity (Wildman–Crippen MR) is 90.9 cm³/mol. The number of cyclic esters (lactones) is 1. The molecule has 0 fully saturated rings. The second-order valence-electron chi connectivity index (χ2n) is 5.45. The number of fused-ring (bicyclic) bond motifs is 1. The molecule has 0 saturated heterocycles. The predicted octanol–water partition coefficient (Wildman–Crippen LogP) is 3.08. The number of ether oxygens (including phenoxy) is 3. The van der Waals surface area contributed by atoms with Crippen molar-refractivity contribution in [1.29, 1.82) is 0 Å². The molecule has 1 N–H and O–H groups in total. The number of carbonyl (C=O) groups excluding carboxylic acids is 1. The van der Waals surface area contributed by atoms with Crippen molar-refractivity contribution < 1.29 is 24.1 Å². The van der Waals surface area contributed by atoms with Crippen LogP contribution in [-0.4, -0.2) is 30.4 Å². The van der Waals surface area contributed by atoms with E-state index < -0.39 is 6.10 Å². The molecule has 0 saturated carbocycles. The van der Waals surface area contributed by atoms with Gasteiger partial charge < -0.3 is 19.3 Å². The average molecular weight is 393 g/mol. The summed E-state index contributed by atoms with van der Waals surface area (Å²) in [5.74, 6) is 0.237. The Kier molecular flexibility index (Phi) is 5.50. The van der Waals surface area contributed by atoms with Gasteiger partial charge in [-0.1, -0.05) is 30.3 Å². The van der Waals surface area contributed by atoms with Crippen LogP contribution < -0.4 is 4.74 Å². The summed E-state index contributed by atoms with van der Waals surface area (Å²) in [5, 5.41) is 9.97. The highest BCUT2D eigenvalue weighted by molar-refractivity contribution is 9.10. The Morgan fingerprint density at radius 1 is 1.17 bits per heavy atom. The number of aliphatic hydroxyl groups is 1. The van der Waals surface area contributed by atoms with Crippen molar-refractivity contribution in [3.05, 3.63) is 63.6 Å². The van der Waals surface area contributed by atoms with Gasteiger partial charge >= 0.3 is 5.97 Å². The molecule has 24 heavy (non-hydrogen) atoms. The molecule has 5 nitrogen and oxygen atoms in total. The number of esters is 1. The summed E-state index contributed by atoms with van der Waals surface area (Å²) in [7, 11) is 0. The molecule has 0 amide bonds. The first-order valence-corrected chi connectivity index (χ1v) is 8.35. The Hall–Kier alpha value is -1.89. The van der Waals surface area contributed by atoms with Gasteiger partial charge in [0.05, 0.1) is 23.2 Å². The highest BCUT2D eigenvalue weighted by Gasteiger charge is 2.25. The third-order valence-corrected chi connectivity index (χ3v) is 4.50. The molecule has 0 bridgehead atoms. The van der Waals surface area contributed by atoms with E-state index in [2.05, 4.69) is 15.9 Å². The zero-order valence-electron chi connectivity index (χ0n) is 12.9. The highest BCUT2D eigenvalue weighted by atomic mass is 79.9. The number of rotatable bonds is 7. The zero-order valence-corrected chi connectivity index (χ0v) is 14.5. The lowest BCUT2D eigenvalue weighted by Gasteiger charge is -2.14. The molecule has 1 heterocycles. The van der Waals surface area contributed by atoms with Crippen LogP contribution in [0, 0.1) is 0 Å². The van der Waals surface area contributed by atoms with E-state index in [0.717, 1.165) is 11.1 Å². The van der Waals surface area contributed by atoms with Gasteiger partial charge in [0, 0.05) is 5.56 Å². The van der Waals surface area contributed by atoms with E-state index in [1.165, 1.54) is 0 Å². The van der Waals surface area contributed by atoms with Gasteiger partial charge in [-0.3, -0.25) is 0 Å². The number of hydrogen-bond acceptors (Lipinski definition) is 5. The molecule has 2 aromatic carbocycles. The molecular weight excluding hydrogens is 376 g/mol. The second kappa shape index (κ2) is 7.79. The van der Waals surface area contributed by atoms with Crippen LogP contribution in [-0.2, 0) is 22.7 Å². The lowest BCUT2D eigenvalue weighted by Crippen LogP contribution is -2.23. The van der Waals surface area contributed by atoms with Crippen LogP contribution in [0.4, 0.5) is 0 Å². The van der Waals surface area contributed by atoms with Gasteiger partial charge in [0.2, 0.25) is 0 Å². The summed E-state index contributed by atoms with van der Waals surface area (Å²) in [5.41, 5.74) is 2.37. The van der Waals surface area contributed by atoms with Crippen molar-refractivity contribution in [2.45, 2.75) is 19.3 Å².